The summed E-state index contributed by atoms with van der Waals surface area (Å²) < 4.78 is 24.6. The number of aromatic amines is 1. The number of sulfonamides is 1. The molecular formula is C25H22N6O3S. The number of aryl methyl sites for hydroxylation is 1. The predicted molar refractivity (Wildman–Crippen MR) is 133 cm³/mol. The SMILES string of the molecule is Cn1nc(-c2ccc(-c3ccc(S(N)(=O)=O)cc3)cc2)c(O)c1-c1nc2cc3c(cc2[nH]1)CNC3. The van der Waals surface area contributed by atoms with E-state index in [0.29, 0.717) is 17.2 Å². The number of imidazole rings is 1. The third-order valence-corrected chi connectivity index (χ3v) is 7.28. The van der Waals surface area contributed by atoms with E-state index in [1.807, 2.05) is 24.3 Å². The van der Waals surface area contributed by atoms with Crippen molar-refractivity contribution in [2.75, 3.05) is 0 Å². The third-order valence-electron chi connectivity index (χ3n) is 6.36. The Kier molecular flexibility index (Phi) is 4.78. The van der Waals surface area contributed by atoms with Gasteiger partial charge in [-0.05, 0) is 46.5 Å². The van der Waals surface area contributed by atoms with Crippen molar-refractivity contribution < 1.29 is 13.5 Å². The van der Waals surface area contributed by atoms with Crippen LogP contribution in [0.4, 0.5) is 0 Å². The molecule has 0 spiro atoms. The maximum Gasteiger partial charge on any atom is 0.238 e. The van der Waals surface area contributed by atoms with E-state index in [-0.39, 0.29) is 10.6 Å². The fourth-order valence-electron chi connectivity index (χ4n) is 4.55. The summed E-state index contributed by atoms with van der Waals surface area (Å²) in [6.07, 6.45) is 0. The fraction of sp³-hybridized carbons (Fsp3) is 0.120. The average molecular weight is 487 g/mol. The van der Waals surface area contributed by atoms with E-state index < -0.39 is 10.0 Å². The van der Waals surface area contributed by atoms with Gasteiger partial charge in [0.05, 0.1) is 15.9 Å². The molecule has 5 aromatic rings. The lowest BCUT2D eigenvalue weighted by Crippen LogP contribution is -2.11. The molecule has 9 nitrogen and oxygen atoms in total. The number of primary sulfonamides is 1. The molecule has 0 saturated carbocycles. The number of nitrogens with zero attached hydrogens (tertiary/aromatic N) is 3. The third kappa shape index (κ3) is 3.68. The molecular weight excluding hydrogens is 464 g/mol. The van der Waals surface area contributed by atoms with E-state index >= 15 is 0 Å². The molecule has 6 rings (SSSR count). The Bertz CT molecular complexity index is 1660. The molecule has 3 heterocycles. The summed E-state index contributed by atoms with van der Waals surface area (Å²) in [6, 6.07) is 18.1. The first-order valence-electron chi connectivity index (χ1n) is 11.0. The Morgan fingerprint density at radius 1 is 0.943 bits per heavy atom. The lowest BCUT2D eigenvalue weighted by Gasteiger charge is -2.05. The highest BCUT2D eigenvalue weighted by atomic mass is 32.2. The summed E-state index contributed by atoms with van der Waals surface area (Å²) in [7, 11) is -1.96. The zero-order valence-corrected chi connectivity index (χ0v) is 19.6. The molecule has 176 valence electrons. The fourth-order valence-corrected chi connectivity index (χ4v) is 5.06. The zero-order chi connectivity index (χ0) is 24.3. The number of hydrogen-bond donors (Lipinski definition) is 4. The van der Waals surface area contributed by atoms with Crippen LogP contribution in [0.1, 0.15) is 11.1 Å². The largest absolute Gasteiger partial charge is 0.504 e. The number of aromatic hydroxyl groups is 1. The van der Waals surface area contributed by atoms with Crippen molar-refractivity contribution in [1.29, 1.82) is 0 Å². The molecule has 1 aliphatic rings. The van der Waals surface area contributed by atoms with Crippen LogP contribution < -0.4 is 10.5 Å². The Hall–Kier alpha value is -3.99. The summed E-state index contributed by atoms with van der Waals surface area (Å²) in [5.41, 5.74) is 7.71. The van der Waals surface area contributed by atoms with Gasteiger partial charge >= 0.3 is 0 Å². The van der Waals surface area contributed by atoms with Crippen molar-refractivity contribution in [1.82, 2.24) is 25.1 Å². The van der Waals surface area contributed by atoms with Crippen molar-refractivity contribution in [2.24, 2.45) is 12.2 Å². The minimum atomic E-state index is -3.73. The number of benzene rings is 3. The van der Waals surface area contributed by atoms with Crippen molar-refractivity contribution in [3.05, 3.63) is 71.8 Å². The summed E-state index contributed by atoms with van der Waals surface area (Å²) in [5.74, 6) is 0.605. The zero-order valence-electron chi connectivity index (χ0n) is 18.8. The standard InChI is InChI=1S/C25H22N6O3S/c1-31-23(25-28-20-10-17-12-27-13-18(17)11-21(20)29-25)24(32)22(30-31)16-4-2-14(3-5-16)15-6-8-19(9-7-15)35(26,33)34/h2-11,27,32H,12-13H2,1H3,(H,28,29)(H2,26,33,34). The monoisotopic (exact) mass is 486 g/mol. The van der Waals surface area contributed by atoms with Crippen molar-refractivity contribution in [3.63, 3.8) is 0 Å². The Labute approximate surface area is 201 Å². The van der Waals surface area contributed by atoms with Gasteiger partial charge in [0.2, 0.25) is 10.0 Å². The minimum Gasteiger partial charge on any atom is -0.504 e. The molecule has 3 aromatic carbocycles. The molecule has 35 heavy (non-hydrogen) atoms. The molecule has 0 bridgehead atoms. The number of aromatic nitrogens is 4. The normalized spacial score (nSPS) is 13.4. The van der Waals surface area contributed by atoms with Crippen LogP contribution in [0, 0.1) is 0 Å². The van der Waals surface area contributed by atoms with Gasteiger partial charge in [0.1, 0.15) is 11.4 Å². The van der Waals surface area contributed by atoms with Crippen LogP contribution in [-0.2, 0) is 30.2 Å². The predicted octanol–water partition coefficient (Wildman–Crippen LogP) is 3.25. The van der Waals surface area contributed by atoms with Gasteiger partial charge in [-0.3, -0.25) is 4.68 Å². The molecule has 0 aliphatic carbocycles. The molecule has 2 aromatic heterocycles. The molecule has 0 amide bonds. The molecule has 0 saturated heterocycles. The second-order valence-electron chi connectivity index (χ2n) is 8.64. The lowest BCUT2D eigenvalue weighted by atomic mass is 10.0. The Balaban J connectivity index is 1.33. The molecule has 0 fully saturated rings. The number of hydrogen-bond acceptors (Lipinski definition) is 6. The maximum absolute atomic E-state index is 11.5. The minimum absolute atomic E-state index is 0.0472. The Morgan fingerprint density at radius 3 is 2.20 bits per heavy atom. The number of rotatable bonds is 4. The number of fused-ring (bicyclic) bond motifs is 2. The van der Waals surface area contributed by atoms with Gasteiger partial charge in [0, 0.05) is 25.7 Å². The smallest absolute Gasteiger partial charge is 0.238 e. The first kappa shape index (κ1) is 21.5. The molecule has 0 atom stereocenters. The number of H-pyrrole nitrogens is 1. The lowest BCUT2D eigenvalue weighted by molar-refractivity contribution is 0.478. The van der Waals surface area contributed by atoms with Crippen molar-refractivity contribution in [3.8, 4) is 39.7 Å². The number of nitrogens with two attached hydrogens (primary N) is 1. The van der Waals surface area contributed by atoms with Gasteiger partial charge < -0.3 is 15.4 Å². The van der Waals surface area contributed by atoms with Gasteiger partial charge in [-0.1, -0.05) is 36.4 Å². The summed E-state index contributed by atoms with van der Waals surface area (Å²) >= 11 is 0. The summed E-state index contributed by atoms with van der Waals surface area (Å²) in [5, 5.41) is 24.1. The van der Waals surface area contributed by atoms with Crippen molar-refractivity contribution in [2.45, 2.75) is 18.0 Å². The highest BCUT2D eigenvalue weighted by Crippen LogP contribution is 2.38. The van der Waals surface area contributed by atoms with Crippen LogP contribution in [-0.4, -0.2) is 33.3 Å². The highest BCUT2D eigenvalue weighted by Gasteiger charge is 2.22. The molecule has 10 heteroatoms. The topological polar surface area (TPSA) is 139 Å². The molecule has 5 N–H and O–H groups in total. The second kappa shape index (κ2) is 7.77. The van der Waals surface area contributed by atoms with E-state index in [2.05, 4.69) is 27.5 Å². The van der Waals surface area contributed by atoms with Gasteiger partial charge in [-0.25, -0.2) is 18.5 Å². The van der Waals surface area contributed by atoms with E-state index in [1.54, 1.807) is 23.9 Å². The molecule has 0 radical (unpaired) electrons. The first-order valence-corrected chi connectivity index (χ1v) is 12.5. The van der Waals surface area contributed by atoms with Crippen LogP contribution in [0.2, 0.25) is 0 Å². The van der Waals surface area contributed by atoms with Crippen LogP contribution in [0.3, 0.4) is 0 Å². The van der Waals surface area contributed by atoms with Crippen molar-refractivity contribution >= 4 is 21.1 Å². The summed E-state index contributed by atoms with van der Waals surface area (Å²) in [4.78, 5) is 8.10. The first-order chi connectivity index (χ1) is 16.8. The van der Waals surface area contributed by atoms with Crippen LogP contribution in [0.5, 0.6) is 5.75 Å². The average Bonchev–Trinajstić information content (AvgIpc) is 3.53. The van der Waals surface area contributed by atoms with E-state index in [1.165, 1.54) is 23.3 Å². The molecule has 1 aliphatic heterocycles. The highest BCUT2D eigenvalue weighted by molar-refractivity contribution is 7.89. The van der Waals surface area contributed by atoms with Crippen LogP contribution in [0.25, 0.3) is 44.9 Å². The molecule has 0 unspecified atom stereocenters. The van der Waals surface area contributed by atoms with E-state index in [9.17, 15) is 13.5 Å². The van der Waals surface area contributed by atoms with E-state index in [0.717, 1.165) is 40.8 Å². The van der Waals surface area contributed by atoms with Gasteiger partial charge in [0.25, 0.3) is 0 Å². The summed E-state index contributed by atoms with van der Waals surface area (Å²) in [6.45, 7) is 1.67. The van der Waals surface area contributed by atoms with Gasteiger partial charge in [-0.15, -0.1) is 0 Å². The Morgan fingerprint density at radius 2 is 1.54 bits per heavy atom. The number of nitrogens with one attached hydrogen (secondary N) is 2. The van der Waals surface area contributed by atoms with E-state index in [4.69, 9.17) is 10.1 Å². The van der Waals surface area contributed by atoms with Gasteiger partial charge in [0.15, 0.2) is 11.6 Å². The van der Waals surface area contributed by atoms with Crippen LogP contribution in [0.15, 0.2) is 65.6 Å². The van der Waals surface area contributed by atoms with Crippen LogP contribution >= 0.6 is 0 Å². The quantitative estimate of drug-likeness (QED) is 0.308. The van der Waals surface area contributed by atoms with Gasteiger partial charge in [-0.2, -0.15) is 5.10 Å². The second-order valence-corrected chi connectivity index (χ2v) is 10.2. The maximum atomic E-state index is 11.5.